The number of alkyl halides is 3. The molecule has 24 heavy (non-hydrogen) atoms. The zero-order valence-electron chi connectivity index (χ0n) is 12.1. The highest BCUT2D eigenvalue weighted by Crippen LogP contribution is 2.32. The van der Waals surface area contributed by atoms with Crippen LogP contribution in [0, 0.1) is 5.82 Å². The molecule has 0 spiro atoms. The summed E-state index contributed by atoms with van der Waals surface area (Å²) in [4.78, 5) is 8.17. The number of nitrogens with zero attached hydrogens (tertiary/aromatic N) is 2. The number of hydrogen-bond donors (Lipinski definition) is 0. The van der Waals surface area contributed by atoms with Gasteiger partial charge in [0, 0.05) is 17.8 Å². The maximum absolute atomic E-state index is 12.9. The first-order chi connectivity index (χ1) is 11.4. The summed E-state index contributed by atoms with van der Waals surface area (Å²) in [6, 6.07) is 11.4. The Labute approximate surface area is 134 Å². The van der Waals surface area contributed by atoms with Crippen molar-refractivity contribution in [2.24, 2.45) is 0 Å². The summed E-state index contributed by atoms with van der Waals surface area (Å²) in [5.74, 6) is -0.0215. The molecule has 2 aromatic carbocycles. The van der Waals surface area contributed by atoms with Gasteiger partial charge in [-0.1, -0.05) is 6.07 Å². The van der Waals surface area contributed by atoms with Gasteiger partial charge in [-0.05, 0) is 42.5 Å². The largest absolute Gasteiger partial charge is 0.439 e. The molecule has 122 valence electrons. The molecule has 3 rings (SSSR count). The van der Waals surface area contributed by atoms with Gasteiger partial charge in [-0.2, -0.15) is 18.2 Å². The highest BCUT2D eigenvalue weighted by molar-refractivity contribution is 5.55. The molecule has 0 bridgehead atoms. The lowest BCUT2D eigenvalue weighted by molar-refractivity contribution is -0.137. The van der Waals surface area contributed by atoms with Gasteiger partial charge in [0.15, 0.2) is 5.82 Å². The van der Waals surface area contributed by atoms with Crippen LogP contribution >= 0.6 is 0 Å². The van der Waals surface area contributed by atoms with Gasteiger partial charge >= 0.3 is 6.18 Å². The minimum atomic E-state index is -4.45. The van der Waals surface area contributed by atoms with Gasteiger partial charge < -0.3 is 4.74 Å². The molecule has 0 N–H and O–H groups in total. The minimum Gasteiger partial charge on any atom is -0.439 e. The van der Waals surface area contributed by atoms with E-state index in [-0.39, 0.29) is 17.5 Å². The van der Waals surface area contributed by atoms with E-state index in [1.807, 2.05) is 0 Å². The summed E-state index contributed by atoms with van der Waals surface area (Å²) in [5.41, 5.74) is -0.251. The van der Waals surface area contributed by atoms with Crippen molar-refractivity contribution in [1.29, 1.82) is 0 Å². The van der Waals surface area contributed by atoms with E-state index in [2.05, 4.69) is 9.97 Å². The lowest BCUT2D eigenvalue weighted by Gasteiger charge is -2.10. The van der Waals surface area contributed by atoms with Crippen molar-refractivity contribution in [2.75, 3.05) is 0 Å². The number of hydrogen-bond acceptors (Lipinski definition) is 3. The summed E-state index contributed by atoms with van der Waals surface area (Å²) in [5, 5.41) is 0. The Hall–Kier alpha value is -2.96. The Bertz CT molecular complexity index is 848. The smallest absolute Gasteiger partial charge is 0.416 e. The van der Waals surface area contributed by atoms with Crippen LogP contribution in [0.4, 0.5) is 17.6 Å². The lowest BCUT2D eigenvalue weighted by atomic mass is 10.2. The summed E-state index contributed by atoms with van der Waals surface area (Å²) >= 11 is 0. The van der Waals surface area contributed by atoms with Gasteiger partial charge in [-0.3, -0.25) is 0 Å². The summed E-state index contributed by atoms with van der Waals surface area (Å²) in [6.45, 7) is 0. The molecule has 1 aromatic heterocycles. The Morgan fingerprint density at radius 3 is 2.38 bits per heavy atom. The van der Waals surface area contributed by atoms with Crippen molar-refractivity contribution < 1.29 is 22.3 Å². The number of halogens is 4. The van der Waals surface area contributed by atoms with Crippen molar-refractivity contribution in [3.63, 3.8) is 0 Å². The molecule has 0 aliphatic heterocycles. The van der Waals surface area contributed by atoms with Crippen molar-refractivity contribution in [3.05, 3.63) is 72.2 Å². The monoisotopic (exact) mass is 334 g/mol. The summed E-state index contributed by atoms with van der Waals surface area (Å²) < 4.78 is 56.5. The first-order valence-electron chi connectivity index (χ1n) is 6.86. The van der Waals surface area contributed by atoms with E-state index in [1.165, 1.54) is 48.7 Å². The Morgan fingerprint density at radius 2 is 1.67 bits per heavy atom. The Balaban J connectivity index is 1.86. The van der Waals surface area contributed by atoms with Crippen LogP contribution in [0.25, 0.3) is 11.4 Å². The van der Waals surface area contributed by atoms with Crippen LogP contribution < -0.4 is 4.74 Å². The molecule has 0 aliphatic carbocycles. The maximum atomic E-state index is 12.9. The molecule has 0 atom stereocenters. The first kappa shape index (κ1) is 15.9. The van der Waals surface area contributed by atoms with Gasteiger partial charge in [0.25, 0.3) is 0 Å². The topological polar surface area (TPSA) is 35.0 Å². The predicted octanol–water partition coefficient (Wildman–Crippen LogP) is 5.09. The fourth-order valence-corrected chi connectivity index (χ4v) is 1.99. The second-order valence-corrected chi connectivity index (χ2v) is 4.85. The molecular weight excluding hydrogens is 324 g/mol. The van der Waals surface area contributed by atoms with E-state index in [0.717, 1.165) is 12.1 Å². The van der Waals surface area contributed by atoms with E-state index in [4.69, 9.17) is 4.74 Å². The van der Waals surface area contributed by atoms with Crippen LogP contribution in [0.2, 0.25) is 0 Å². The minimum absolute atomic E-state index is 0.00795. The van der Waals surface area contributed by atoms with E-state index >= 15 is 0 Å². The molecule has 1 heterocycles. The normalized spacial score (nSPS) is 11.3. The van der Waals surface area contributed by atoms with Crippen molar-refractivity contribution in [1.82, 2.24) is 9.97 Å². The van der Waals surface area contributed by atoms with Gasteiger partial charge in [0.2, 0.25) is 5.88 Å². The third-order valence-electron chi connectivity index (χ3n) is 3.12. The van der Waals surface area contributed by atoms with Crippen LogP contribution in [0.1, 0.15) is 5.56 Å². The maximum Gasteiger partial charge on any atom is 0.416 e. The molecule has 7 heteroatoms. The average molecular weight is 334 g/mol. The quantitative estimate of drug-likeness (QED) is 0.626. The van der Waals surface area contributed by atoms with E-state index in [1.54, 1.807) is 0 Å². The molecule has 0 unspecified atom stereocenters. The van der Waals surface area contributed by atoms with Crippen molar-refractivity contribution in [3.8, 4) is 23.0 Å². The third-order valence-corrected chi connectivity index (χ3v) is 3.12. The fourth-order valence-electron chi connectivity index (χ4n) is 1.99. The highest BCUT2D eigenvalue weighted by atomic mass is 19.4. The number of rotatable bonds is 3. The Morgan fingerprint density at radius 1 is 0.917 bits per heavy atom. The van der Waals surface area contributed by atoms with Crippen molar-refractivity contribution >= 4 is 0 Å². The van der Waals surface area contributed by atoms with Crippen LogP contribution in [0.5, 0.6) is 11.6 Å². The van der Waals surface area contributed by atoms with Gasteiger partial charge in [-0.15, -0.1) is 0 Å². The molecule has 0 amide bonds. The van der Waals surface area contributed by atoms with Gasteiger partial charge in [-0.25, -0.2) is 9.37 Å². The first-order valence-corrected chi connectivity index (χ1v) is 6.86. The van der Waals surface area contributed by atoms with Crippen molar-refractivity contribution in [2.45, 2.75) is 6.18 Å². The third kappa shape index (κ3) is 3.68. The second kappa shape index (κ2) is 6.27. The van der Waals surface area contributed by atoms with E-state index in [0.29, 0.717) is 5.56 Å². The molecule has 3 aromatic rings. The second-order valence-electron chi connectivity index (χ2n) is 4.85. The van der Waals surface area contributed by atoms with Crippen LogP contribution in [-0.4, -0.2) is 9.97 Å². The van der Waals surface area contributed by atoms with Crippen LogP contribution in [-0.2, 0) is 6.18 Å². The van der Waals surface area contributed by atoms with Crippen LogP contribution in [0.3, 0.4) is 0 Å². The number of aromatic nitrogens is 2. The Kier molecular flexibility index (Phi) is 4.16. The van der Waals surface area contributed by atoms with Crippen LogP contribution in [0.15, 0.2) is 60.8 Å². The molecule has 0 aliphatic rings. The molecule has 3 nitrogen and oxygen atoms in total. The summed E-state index contributed by atoms with van der Waals surface area (Å²) in [7, 11) is 0. The van der Waals surface area contributed by atoms with Gasteiger partial charge in [0.05, 0.1) is 5.56 Å². The SMILES string of the molecule is Fc1ccc(-c2nccc(Oc3cccc(C(F)(F)F)c3)n2)cc1. The van der Waals surface area contributed by atoms with E-state index in [9.17, 15) is 17.6 Å². The summed E-state index contributed by atoms with van der Waals surface area (Å²) in [6.07, 6.45) is -3.04. The predicted molar refractivity (Wildman–Crippen MR) is 78.9 cm³/mol. The zero-order chi connectivity index (χ0) is 17.2. The molecular formula is C17H10F4N2O. The molecule has 0 fully saturated rings. The lowest BCUT2D eigenvalue weighted by Crippen LogP contribution is -2.04. The number of benzene rings is 2. The van der Waals surface area contributed by atoms with E-state index < -0.39 is 17.6 Å². The van der Waals surface area contributed by atoms with Gasteiger partial charge in [0.1, 0.15) is 11.6 Å². The average Bonchev–Trinajstić information content (AvgIpc) is 2.55. The zero-order valence-corrected chi connectivity index (χ0v) is 12.1. The molecule has 0 saturated carbocycles. The standard InChI is InChI=1S/C17H10F4N2O/c18-13-6-4-11(5-7-13)16-22-9-8-15(23-16)24-14-3-1-2-12(10-14)17(19,20)21/h1-10H. The molecule has 0 saturated heterocycles. The number of ether oxygens (including phenoxy) is 1. The fraction of sp³-hybridized carbons (Fsp3) is 0.0588. The highest BCUT2D eigenvalue weighted by Gasteiger charge is 2.30. The molecule has 0 radical (unpaired) electrons.